The summed E-state index contributed by atoms with van der Waals surface area (Å²) < 4.78 is 0. The molecule has 1 amide bonds. The van der Waals surface area contributed by atoms with Crippen molar-refractivity contribution in [2.24, 2.45) is 0 Å². The molecule has 3 nitrogen and oxygen atoms in total. The Hall–Kier alpha value is -1.35. The Morgan fingerprint density at radius 1 is 1.32 bits per heavy atom. The minimum Gasteiger partial charge on any atom is -0.348 e. The number of hydrogen-bond donors (Lipinski definition) is 2. The lowest BCUT2D eigenvalue weighted by Gasteiger charge is -2.26. The van der Waals surface area contributed by atoms with Gasteiger partial charge in [-0.25, -0.2) is 0 Å². The van der Waals surface area contributed by atoms with Crippen molar-refractivity contribution >= 4 is 5.91 Å². The number of nitrogens with two attached hydrogens (primary N) is 1. The van der Waals surface area contributed by atoms with E-state index in [1.54, 1.807) is 0 Å². The van der Waals surface area contributed by atoms with Gasteiger partial charge < -0.3 is 10.6 Å². The predicted molar refractivity (Wildman–Crippen MR) is 74.7 cm³/mol. The minimum atomic E-state index is 0.0109. The molecule has 0 unspecified atom stereocenters. The van der Waals surface area contributed by atoms with E-state index in [-0.39, 0.29) is 11.9 Å². The fraction of sp³-hybridized carbons (Fsp3) is 0.562. The summed E-state index contributed by atoms with van der Waals surface area (Å²) in [7, 11) is 0. The molecule has 0 aromatic heterocycles. The van der Waals surface area contributed by atoms with Crippen molar-refractivity contribution in [1.29, 1.82) is 0 Å². The van der Waals surface area contributed by atoms with E-state index < -0.39 is 0 Å². The van der Waals surface area contributed by atoms with Crippen molar-refractivity contribution in [3.8, 4) is 0 Å². The number of carbonyl (C=O) groups is 1. The van der Waals surface area contributed by atoms with Gasteiger partial charge in [0.2, 0.25) is 0 Å². The molecule has 3 heteroatoms. The van der Waals surface area contributed by atoms with Crippen molar-refractivity contribution in [2.75, 3.05) is 0 Å². The second-order valence-corrected chi connectivity index (χ2v) is 5.96. The molecule has 1 fully saturated rings. The summed E-state index contributed by atoms with van der Waals surface area (Å²) >= 11 is 0. The van der Waals surface area contributed by atoms with Gasteiger partial charge in [-0.3, -0.25) is 4.79 Å². The number of carbonyl (C=O) groups excluding carboxylic acids is 1. The summed E-state index contributed by atoms with van der Waals surface area (Å²) in [5.74, 6) is 0.200. The average Bonchev–Trinajstić information content (AvgIpc) is 3.23. The normalized spacial score (nSPS) is 23.5. The molecule has 0 spiro atoms. The Kier molecular flexibility index (Phi) is 3.56. The lowest BCUT2D eigenvalue weighted by molar-refractivity contribution is -0.714. The van der Waals surface area contributed by atoms with Crippen LogP contribution in [0.25, 0.3) is 0 Å². The molecule has 1 aromatic carbocycles. The average molecular weight is 259 g/mol. The third-order valence-electron chi connectivity index (χ3n) is 4.27. The molecule has 2 atom stereocenters. The predicted octanol–water partition coefficient (Wildman–Crippen LogP) is 1.29. The van der Waals surface area contributed by atoms with Crippen LogP contribution in [0.15, 0.2) is 24.3 Å². The van der Waals surface area contributed by atoms with E-state index in [4.69, 9.17) is 0 Å². The van der Waals surface area contributed by atoms with Gasteiger partial charge in [0.05, 0.1) is 0 Å². The van der Waals surface area contributed by atoms with Crippen molar-refractivity contribution in [1.82, 2.24) is 5.32 Å². The smallest absolute Gasteiger partial charge is 0.278 e. The highest BCUT2D eigenvalue weighted by Crippen LogP contribution is 2.26. The Bertz CT molecular complexity index is 468. The lowest BCUT2D eigenvalue weighted by Crippen LogP contribution is -2.92. The number of nitrogens with one attached hydrogen (secondary N) is 1. The summed E-state index contributed by atoms with van der Waals surface area (Å²) in [5.41, 5.74) is 2.89. The molecule has 2 aliphatic rings. The largest absolute Gasteiger partial charge is 0.348 e. The molecule has 1 aromatic rings. The Morgan fingerprint density at radius 3 is 2.89 bits per heavy atom. The molecule has 0 heterocycles. The number of fused-ring (bicyclic) bond motifs is 1. The summed E-state index contributed by atoms with van der Waals surface area (Å²) in [6.07, 6.45) is 5.91. The van der Waals surface area contributed by atoms with Gasteiger partial charge in [0.25, 0.3) is 5.91 Å². The van der Waals surface area contributed by atoms with Gasteiger partial charge >= 0.3 is 0 Å². The maximum absolute atomic E-state index is 12.0. The Morgan fingerprint density at radius 2 is 2.11 bits per heavy atom. The van der Waals surface area contributed by atoms with Gasteiger partial charge in [-0.05, 0) is 38.2 Å². The molecule has 102 valence electrons. The van der Waals surface area contributed by atoms with Gasteiger partial charge in [0, 0.05) is 18.0 Å². The van der Waals surface area contributed by atoms with E-state index in [0.717, 1.165) is 12.8 Å². The zero-order valence-electron chi connectivity index (χ0n) is 11.6. The van der Waals surface area contributed by atoms with Gasteiger partial charge in [0.15, 0.2) is 6.04 Å². The van der Waals surface area contributed by atoms with Crippen LogP contribution in [0.5, 0.6) is 0 Å². The van der Waals surface area contributed by atoms with E-state index in [1.807, 2.05) is 6.92 Å². The minimum absolute atomic E-state index is 0.0109. The second kappa shape index (κ2) is 5.33. The van der Waals surface area contributed by atoms with Crippen LogP contribution in [0, 0.1) is 0 Å². The van der Waals surface area contributed by atoms with Crippen LogP contribution in [0.3, 0.4) is 0 Å². The molecule has 0 aliphatic heterocycles. The van der Waals surface area contributed by atoms with Crippen LogP contribution in [0.4, 0.5) is 0 Å². The topological polar surface area (TPSA) is 45.7 Å². The first-order valence-electron chi connectivity index (χ1n) is 7.47. The van der Waals surface area contributed by atoms with Crippen LogP contribution in [-0.4, -0.2) is 18.0 Å². The fourth-order valence-corrected chi connectivity index (χ4v) is 2.99. The van der Waals surface area contributed by atoms with E-state index in [2.05, 4.69) is 34.9 Å². The molecule has 2 aliphatic carbocycles. The summed E-state index contributed by atoms with van der Waals surface area (Å²) in [6, 6.07) is 9.60. The highest BCUT2D eigenvalue weighted by Gasteiger charge is 2.30. The monoisotopic (exact) mass is 259 g/mol. The SMILES string of the molecule is C[C@@H]([NH2+][C@H]1CCCc2ccccc21)C(=O)NC1CC1. The summed E-state index contributed by atoms with van der Waals surface area (Å²) in [6.45, 7) is 2.02. The zero-order chi connectivity index (χ0) is 13.2. The maximum atomic E-state index is 12.0. The van der Waals surface area contributed by atoms with Crippen LogP contribution in [0.2, 0.25) is 0 Å². The number of quaternary nitrogens is 1. The molecule has 3 rings (SSSR count). The number of benzene rings is 1. The van der Waals surface area contributed by atoms with Crippen molar-refractivity contribution in [3.63, 3.8) is 0 Å². The van der Waals surface area contributed by atoms with Gasteiger partial charge in [-0.15, -0.1) is 0 Å². The van der Waals surface area contributed by atoms with E-state index >= 15 is 0 Å². The third kappa shape index (κ3) is 2.98. The van der Waals surface area contributed by atoms with E-state index in [0.29, 0.717) is 12.1 Å². The first-order valence-corrected chi connectivity index (χ1v) is 7.47. The van der Waals surface area contributed by atoms with Crippen LogP contribution in [0.1, 0.15) is 49.8 Å². The fourth-order valence-electron chi connectivity index (χ4n) is 2.99. The highest BCUT2D eigenvalue weighted by atomic mass is 16.2. The third-order valence-corrected chi connectivity index (χ3v) is 4.27. The van der Waals surface area contributed by atoms with Crippen LogP contribution < -0.4 is 10.6 Å². The molecular weight excluding hydrogens is 236 g/mol. The highest BCUT2D eigenvalue weighted by molar-refractivity contribution is 5.80. The number of hydrogen-bond acceptors (Lipinski definition) is 1. The van der Waals surface area contributed by atoms with Gasteiger partial charge in [0.1, 0.15) is 6.04 Å². The summed E-state index contributed by atoms with van der Waals surface area (Å²) in [4.78, 5) is 12.0. The molecular formula is C16H23N2O+. The Labute approximate surface area is 114 Å². The lowest BCUT2D eigenvalue weighted by atomic mass is 9.87. The number of amides is 1. The molecule has 19 heavy (non-hydrogen) atoms. The first-order chi connectivity index (χ1) is 9.24. The molecule has 1 saturated carbocycles. The van der Waals surface area contributed by atoms with Crippen molar-refractivity contribution < 1.29 is 10.1 Å². The quantitative estimate of drug-likeness (QED) is 0.841. The number of rotatable bonds is 4. The molecule has 0 saturated heterocycles. The van der Waals surface area contributed by atoms with Gasteiger partial charge in [-0.1, -0.05) is 24.3 Å². The standard InChI is InChI=1S/C16H22N2O/c1-11(16(19)18-13-9-10-13)17-15-8-4-6-12-5-2-3-7-14(12)15/h2-3,5,7,11,13,15,17H,4,6,8-10H2,1H3,(H,18,19)/p+1/t11-,15+/m1/s1. The van der Waals surface area contributed by atoms with Gasteiger partial charge in [-0.2, -0.15) is 0 Å². The number of aryl methyl sites for hydroxylation is 1. The van der Waals surface area contributed by atoms with E-state index in [9.17, 15) is 4.79 Å². The van der Waals surface area contributed by atoms with E-state index in [1.165, 1.54) is 30.4 Å². The van der Waals surface area contributed by atoms with Crippen molar-refractivity contribution in [3.05, 3.63) is 35.4 Å². The maximum Gasteiger partial charge on any atom is 0.278 e. The molecule has 0 bridgehead atoms. The zero-order valence-corrected chi connectivity index (χ0v) is 11.6. The van der Waals surface area contributed by atoms with Crippen LogP contribution >= 0.6 is 0 Å². The summed E-state index contributed by atoms with van der Waals surface area (Å²) in [5, 5.41) is 5.34. The Balaban J connectivity index is 1.64. The van der Waals surface area contributed by atoms with Crippen molar-refractivity contribution in [2.45, 2.75) is 57.2 Å². The molecule has 0 radical (unpaired) electrons. The van der Waals surface area contributed by atoms with Crippen LogP contribution in [-0.2, 0) is 11.2 Å². The first kappa shape index (κ1) is 12.7. The second-order valence-electron chi connectivity index (χ2n) is 5.96. The molecule has 3 N–H and O–H groups in total.